The zero-order valence-corrected chi connectivity index (χ0v) is 22.8. The van der Waals surface area contributed by atoms with E-state index in [1.165, 1.54) is 55.7 Å². The van der Waals surface area contributed by atoms with Gasteiger partial charge >= 0.3 is 0 Å². The van der Waals surface area contributed by atoms with E-state index in [9.17, 15) is 0 Å². The van der Waals surface area contributed by atoms with Crippen LogP contribution in [-0.4, -0.2) is 10.7 Å². The highest BCUT2D eigenvalue weighted by molar-refractivity contribution is 5.98. The largest absolute Gasteiger partial charge is 0.305 e. The van der Waals surface area contributed by atoms with Gasteiger partial charge in [0.1, 0.15) is 0 Å². The molecule has 2 aromatic carbocycles. The molecule has 1 aromatic heterocycles. The maximum Gasteiger partial charge on any atom is 0.0739 e. The zero-order chi connectivity index (χ0) is 26.7. The number of nitrogens with zero attached hydrogens (tertiary/aromatic N) is 1. The van der Waals surface area contributed by atoms with E-state index in [2.05, 4.69) is 105 Å². The fourth-order valence-electron chi connectivity index (χ4n) is 6.74. The summed E-state index contributed by atoms with van der Waals surface area (Å²) in [4.78, 5) is 4.78. The number of nitrogens with one attached hydrogen (secondary N) is 1. The molecule has 1 N–H and O–H groups in total. The highest BCUT2D eigenvalue weighted by Gasteiger charge is 2.36. The van der Waals surface area contributed by atoms with E-state index in [-0.39, 0.29) is 5.92 Å². The van der Waals surface area contributed by atoms with Crippen molar-refractivity contribution >= 4 is 5.71 Å². The van der Waals surface area contributed by atoms with Gasteiger partial charge in [-0.3, -0.25) is 4.98 Å². The monoisotopic (exact) mass is 504 g/mol. The van der Waals surface area contributed by atoms with Crippen molar-refractivity contribution in [2.45, 2.75) is 39.5 Å². The number of pyridine rings is 1. The van der Waals surface area contributed by atoms with Crippen LogP contribution in [0.1, 0.15) is 47.9 Å². The molecule has 0 saturated carbocycles. The standard InChI is InChI=1S/C37H32N2/c1-22-8-4-5-11-30(22)37-23(2)31(16-17-39-37)29-19-27(24(3)38)18-28(20-29)26-14-15-32-33-12-6-9-25-10-7-13-34(36(25)33)35(32)21-26/h4-8,10-13,15-21,25-26,38H,9,14H2,1-3H3. The summed E-state index contributed by atoms with van der Waals surface area (Å²) in [5, 5.41) is 8.51. The van der Waals surface area contributed by atoms with Crippen molar-refractivity contribution in [1.29, 1.82) is 5.41 Å². The molecule has 2 nitrogen and oxygen atoms in total. The van der Waals surface area contributed by atoms with Gasteiger partial charge in [-0.05, 0) is 113 Å². The van der Waals surface area contributed by atoms with Gasteiger partial charge in [-0.25, -0.2) is 0 Å². The Morgan fingerprint density at radius 3 is 2.64 bits per heavy atom. The van der Waals surface area contributed by atoms with Crippen LogP contribution in [0.4, 0.5) is 0 Å². The second-order valence-corrected chi connectivity index (χ2v) is 11.2. The average molecular weight is 505 g/mol. The number of benzene rings is 2. The Hall–Kier alpha value is -4.30. The molecule has 2 unspecified atom stereocenters. The van der Waals surface area contributed by atoms with Crippen molar-refractivity contribution in [3.05, 3.63) is 147 Å². The molecule has 0 bridgehead atoms. The van der Waals surface area contributed by atoms with Crippen LogP contribution < -0.4 is 0 Å². The van der Waals surface area contributed by atoms with Gasteiger partial charge < -0.3 is 5.41 Å². The normalized spacial score (nSPS) is 20.7. The Labute approximate surface area is 231 Å². The van der Waals surface area contributed by atoms with E-state index in [0.29, 0.717) is 11.6 Å². The molecule has 0 amide bonds. The van der Waals surface area contributed by atoms with Gasteiger partial charge in [0.05, 0.1) is 5.69 Å². The molecule has 3 aromatic rings. The molecule has 2 heteroatoms. The summed E-state index contributed by atoms with van der Waals surface area (Å²) in [5.74, 6) is 0.777. The topological polar surface area (TPSA) is 36.7 Å². The Bertz CT molecular complexity index is 1750. The van der Waals surface area contributed by atoms with Crippen molar-refractivity contribution in [1.82, 2.24) is 4.98 Å². The van der Waals surface area contributed by atoms with Gasteiger partial charge in [0, 0.05) is 29.3 Å². The van der Waals surface area contributed by atoms with Crippen LogP contribution in [0.25, 0.3) is 22.4 Å². The average Bonchev–Trinajstić information content (AvgIpc) is 3.28. The first-order valence-electron chi connectivity index (χ1n) is 13.9. The Balaban J connectivity index is 1.32. The second-order valence-electron chi connectivity index (χ2n) is 11.2. The van der Waals surface area contributed by atoms with E-state index >= 15 is 0 Å². The maximum atomic E-state index is 8.51. The smallest absolute Gasteiger partial charge is 0.0739 e. The molecule has 4 aliphatic carbocycles. The van der Waals surface area contributed by atoms with Gasteiger partial charge in [0.15, 0.2) is 0 Å². The number of fused-ring (bicyclic) bond motifs is 3. The minimum absolute atomic E-state index is 0.273. The number of aryl methyl sites for hydroxylation is 1. The lowest BCUT2D eigenvalue weighted by Gasteiger charge is -2.23. The van der Waals surface area contributed by atoms with Crippen molar-refractivity contribution in [3.8, 4) is 22.4 Å². The van der Waals surface area contributed by atoms with E-state index in [1.54, 1.807) is 0 Å². The molecular weight excluding hydrogens is 472 g/mol. The number of hydrogen-bond acceptors (Lipinski definition) is 2. The fraction of sp³-hybridized carbons (Fsp3) is 0.189. The molecule has 7 rings (SSSR count). The molecule has 0 aliphatic heterocycles. The lowest BCUT2D eigenvalue weighted by atomic mass is 9.81. The predicted octanol–water partition coefficient (Wildman–Crippen LogP) is 9.14. The first-order valence-corrected chi connectivity index (χ1v) is 13.9. The maximum absolute atomic E-state index is 8.51. The van der Waals surface area contributed by atoms with Crippen LogP contribution in [-0.2, 0) is 0 Å². The molecule has 2 atom stereocenters. The molecule has 4 aliphatic rings. The Morgan fingerprint density at radius 2 is 1.79 bits per heavy atom. The van der Waals surface area contributed by atoms with Crippen molar-refractivity contribution in [2.75, 3.05) is 0 Å². The SMILES string of the molecule is CC(=N)c1cc(-c2ccnc(-c3ccccc3C)c2C)cc(C2C=C3C(=CC2)C2=C4C3=CC=CC4CC=C2)c1. The second kappa shape index (κ2) is 9.17. The van der Waals surface area contributed by atoms with Gasteiger partial charge in [-0.2, -0.15) is 0 Å². The third kappa shape index (κ3) is 3.86. The van der Waals surface area contributed by atoms with Gasteiger partial charge in [-0.15, -0.1) is 0 Å². The Morgan fingerprint density at radius 1 is 0.923 bits per heavy atom. The van der Waals surface area contributed by atoms with Crippen LogP contribution in [0.15, 0.2) is 125 Å². The molecule has 190 valence electrons. The molecule has 0 saturated heterocycles. The third-order valence-corrected chi connectivity index (χ3v) is 8.78. The highest BCUT2D eigenvalue weighted by atomic mass is 14.7. The number of rotatable bonds is 4. The summed E-state index contributed by atoms with van der Waals surface area (Å²) < 4.78 is 0. The molecular formula is C37H32N2. The van der Waals surface area contributed by atoms with Crippen molar-refractivity contribution in [2.24, 2.45) is 5.92 Å². The summed E-state index contributed by atoms with van der Waals surface area (Å²) in [6, 6.07) is 17.3. The van der Waals surface area contributed by atoms with Gasteiger partial charge in [-0.1, -0.05) is 72.9 Å². The molecule has 0 fully saturated rings. The van der Waals surface area contributed by atoms with Crippen molar-refractivity contribution in [3.63, 3.8) is 0 Å². The van der Waals surface area contributed by atoms with Gasteiger partial charge in [0.2, 0.25) is 0 Å². The van der Waals surface area contributed by atoms with Gasteiger partial charge in [0.25, 0.3) is 0 Å². The van der Waals surface area contributed by atoms with E-state index in [4.69, 9.17) is 10.4 Å². The number of aromatic nitrogens is 1. The summed E-state index contributed by atoms with van der Waals surface area (Å²) in [6.07, 6.45) is 20.5. The number of allylic oxidation sites excluding steroid dienone is 12. The summed E-state index contributed by atoms with van der Waals surface area (Å²) in [6.45, 7) is 6.20. The van der Waals surface area contributed by atoms with Crippen LogP contribution in [0, 0.1) is 25.2 Å². The first kappa shape index (κ1) is 23.8. The predicted molar refractivity (Wildman–Crippen MR) is 162 cm³/mol. The lowest BCUT2D eigenvalue weighted by Crippen LogP contribution is -2.07. The van der Waals surface area contributed by atoms with Crippen LogP contribution >= 0.6 is 0 Å². The van der Waals surface area contributed by atoms with Crippen LogP contribution in [0.5, 0.6) is 0 Å². The summed E-state index contributed by atoms with van der Waals surface area (Å²) >= 11 is 0. The summed E-state index contributed by atoms with van der Waals surface area (Å²) in [7, 11) is 0. The minimum Gasteiger partial charge on any atom is -0.305 e. The quantitative estimate of drug-likeness (QED) is 0.353. The molecule has 0 spiro atoms. The summed E-state index contributed by atoms with van der Waals surface area (Å²) in [5.41, 5.74) is 16.9. The number of hydrogen-bond donors (Lipinski definition) is 1. The molecule has 1 heterocycles. The lowest BCUT2D eigenvalue weighted by molar-refractivity contribution is 0.769. The van der Waals surface area contributed by atoms with Crippen LogP contribution in [0.3, 0.4) is 0 Å². The third-order valence-electron chi connectivity index (χ3n) is 8.78. The first-order chi connectivity index (χ1) is 19.0. The molecule has 39 heavy (non-hydrogen) atoms. The minimum atomic E-state index is 0.273. The zero-order valence-electron chi connectivity index (χ0n) is 22.8. The van der Waals surface area contributed by atoms with E-state index in [1.807, 2.05) is 13.1 Å². The van der Waals surface area contributed by atoms with Crippen LogP contribution in [0.2, 0.25) is 0 Å². The van der Waals surface area contributed by atoms with E-state index < -0.39 is 0 Å². The highest BCUT2D eigenvalue weighted by Crippen LogP contribution is 2.52. The fourth-order valence-corrected chi connectivity index (χ4v) is 6.74. The molecule has 0 radical (unpaired) electrons. The van der Waals surface area contributed by atoms with E-state index in [0.717, 1.165) is 29.7 Å². The van der Waals surface area contributed by atoms with Crippen molar-refractivity contribution < 1.29 is 0 Å². The Kier molecular flexibility index (Phi) is 5.59.